The van der Waals surface area contributed by atoms with Crippen molar-refractivity contribution in [2.45, 2.75) is 91.4 Å². The Bertz CT molecular complexity index is 1790. The van der Waals surface area contributed by atoms with Crippen molar-refractivity contribution in [3.8, 4) is 22.5 Å². The summed E-state index contributed by atoms with van der Waals surface area (Å²) in [5.41, 5.74) is 2.64. The van der Waals surface area contributed by atoms with Crippen molar-refractivity contribution in [3.63, 3.8) is 0 Å². The molecule has 3 aromatic heterocycles. The van der Waals surface area contributed by atoms with Crippen molar-refractivity contribution in [2.24, 2.45) is 0 Å². The third-order valence-electron chi connectivity index (χ3n) is 7.73. The van der Waals surface area contributed by atoms with Gasteiger partial charge in [0.1, 0.15) is 17.1 Å². The molecule has 2 N–H and O–H groups in total. The molecule has 12 nitrogen and oxygen atoms in total. The largest absolute Gasteiger partial charge is 0.519 e. The van der Waals surface area contributed by atoms with Gasteiger partial charge in [-0.25, -0.2) is 14.6 Å². The highest BCUT2D eigenvalue weighted by Gasteiger charge is 2.33. The lowest BCUT2D eigenvalue weighted by Gasteiger charge is -2.18. The van der Waals surface area contributed by atoms with E-state index in [1.54, 1.807) is 18.4 Å². The fraction of sp³-hybridized carbons (Fsp3) is 0.412. The van der Waals surface area contributed by atoms with Crippen LogP contribution in [0.2, 0.25) is 0 Å². The van der Waals surface area contributed by atoms with Gasteiger partial charge in [-0.3, -0.25) is 0 Å². The molecule has 12 heteroatoms. The Hall–Kier alpha value is -4.84. The number of nitrogens with one attached hydrogen (secondary N) is 1. The van der Waals surface area contributed by atoms with Gasteiger partial charge in [-0.1, -0.05) is 81.6 Å². The van der Waals surface area contributed by atoms with Crippen LogP contribution in [0, 0.1) is 0 Å². The molecular weight excluding hydrogens is 588 g/mol. The van der Waals surface area contributed by atoms with Gasteiger partial charge in [-0.15, -0.1) is 10.2 Å². The number of aliphatic hydroxyl groups is 1. The second-order valence-corrected chi connectivity index (χ2v) is 11.8. The lowest BCUT2D eigenvalue weighted by molar-refractivity contribution is 0.0394. The average molecular weight is 629 g/mol. The van der Waals surface area contributed by atoms with Gasteiger partial charge in [-0.05, 0) is 48.6 Å². The van der Waals surface area contributed by atoms with E-state index in [-0.39, 0.29) is 23.8 Å². The molecule has 0 spiro atoms. The van der Waals surface area contributed by atoms with Crippen LogP contribution < -0.4 is 5.82 Å². The Labute approximate surface area is 266 Å². The Kier molecular flexibility index (Phi) is 10.3. The number of imidazole rings is 1. The lowest BCUT2D eigenvalue weighted by atomic mass is 9.98. The van der Waals surface area contributed by atoms with Crippen LogP contribution in [0.5, 0.6) is 0 Å². The fourth-order valence-electron chi connectivity index (χ4n) is 5.44. The second-order valence-electron chi connectivity index (χ2n) is 11.8. The number of benzene rings is 2. The monoisotopic (exact) mass is 628 g/mol. The third-order valence-corrected chi connectivity index (χ3v) is 7.73. The summed E-state index contributed by atoms with van der Waals surface area (Å²) in [5.74, 6) is 0.229. The van der Waals surface area contributed by atoms with Gasteiger partial charge in [0.05, 0.1) is 0 Å². The van der Waals surface area contributed by atoms with E-state index in [2.05, 4.69) is 27.5 Å². The molecule has 3 heterocycles. The lowest BCUT2D eigenvalue weighted by Crippen LogP contribution is -2.23. The number of aryl methyl sites for hydroxylation is 2. The van der Waals surface area contributed by atoms with Crippen LogP contribution in [0.1, 0.15) is 98.9 Å². The predicted molar refractivity (Wildman–Crippen MR) is 170 cm³/mol. The molecule has 0 aliphatic rings. The number of hydrogen-bond acceptors (Lipinski definition) is 10. The van der Waals surface area contributed by atoms with Gasteiger partial charge in [0, 0.05) is 24.9 Å². The minimum Gasteiger partial charge on any atom is -0.453 e. The summed E-state index contributed by atoms with van der Waals surface area (Å²) in [6.45, 7) is 7.37. The zero-order valence-corrected chi connectivity index (χ0v) is 26.7. The van der Waals surface area contributed by atoms with E-state index in [9.17, 15) is 14.7 Å². The number of tetrazole rings is 1. The van der Waals surface area contributed by atoms with Crippen molar-refractivity contribution in [1.82, 2.24) is 30.2 Å². The number of aromatic nitrogens is 6. The van der Waals surface area contributed by atoms with Gasteiger partial charge in [-0.2, -0.15) is 5.21 Å². The van der Waals surface area contributed by atoms with Crippen LogP contribution >= 0.6 is 0 Å². The van der Waals surface area contributed by atoms with Crippen LogP contribution in [0.25, 0.3) is 22.5 Å². The number of ether oxygens (including phenoxy) is 1. The van der Waals surface area contributed by atoms with E-state index in [1.165, 1.54) is 0 Å². The van der Waals surface area contributed by atoms with E-state index in [4.69, 9.17) is 18.6 Å². The van der Waals surface area contributed by atoms with Gasteiger partial charge in [0.25, 0.3) is 0 Å². The maximum atomic E-state index is 13.8. The average Bonchev–Trinajstić information content (AvgIpc) is 3.78. The van der Waals surface area contributed by atoms with Crippen molar-refractivity contribution in [2.75, 3.05) is 0 Å². The smallest absolute Gasteiger partial charge is 0.453 e. The molecule has 0 saturated heterocycles. The van der Waals surface area contributed by atoms with E-state index < -0.39 is 17.4 Å². The van der Waals surface area contributed by atoms with E-state index in [0.29, 0.717) is 36.8 Å². The summed E-state index contributed by atoms with van der Waals surface area (Å²) < 4.78 is 18.0. The first-order valence-corrected chi connectivity index (χ1v) is 15.7. The number of nitrogens with zero attached hydrogens (tertiary/aromatic N) is 5. The van der Waals surface area contributed by atoms with E-state index in [0.717, 1.165) is 54.4 Å². The number of aromatic amines is 1. The second kappa shape index (κ2) is 14.5. The molecule has 0 aliphatic carbocycles. The zero-order valence-electron chi connectivity index (χ0n) is 26.7. The van der Waals surface area contributed by atoms with Crippen molar-refractivity contribution in [3.05, 3.63) is 93.4 Å². The van der Waals surface area contributed by atoms with Crippen LogP contribution in [-0.4, -0.2) is 41.3 Å². The molecule has 0 amide bonds. The Balaban J connectivity index is 1.42. The highest BCUT2D eigenvalue weighted by Crippen LogP contribution is 2.31. The van der Waals surface area contributed by atoms with E-state index in [1.807, 2.05) is 55.5 Å². The molecule has 46 heavy (non-hydrogen) atoms. The molecule has 0 unspecified atom stereocenters. The zero-order chi connectivity index (χ0) is 32.7. The van der Waals surface area contributed by atoms with Gasteiger partial charge in [0.2, 0.25) is 5.82 Å². The third kappa shape index (κ3) is 7.51. The van der Waals surface area contributed by atoms with Crippen molar-refractivity contribution < 1.29 is 23.5 Å². The molecule has 0 aliphatic heterocycles. The van der Waals surface area contributed by atoms with Crippen molar-refractivity contribution in [1.29, 1.82) is 0 Å². The van der Waals surface area contributed by atoms with Crippen LogP contribution in [-0.2, 0) is 36.3 Å². The van der Waals surface area contributed by atoms with Crippen molar-refractivity contribution >= 4 is 5.97 Å². The molecule has 0 bridgehead atoms. The maximum absolute atomic E-state index is 13.8. The molecule has 0 radical (unpaired) electrons. The van der Waals surface area contributed by atoms with E-state index >= 15 is 0 Å². The molecule has 0 fully saturated rings. The normalized spacial score (nSPS) is 11.7. The first-order valence-electron chi connectivity index (χ1n) is 15.7. The number of carbonyl (C=O) groups is 1. The number of esters is 1. The first-order chi connectivity index (χ1) is 22.2. The highest BCUT2D eigenvalue weighted by molar-refractivity contribution is 5.89. The summed E-state index contributed by atoms with van der Waals surface area (Å²) >= 11 is 0. The minimum absolute atomic E-state index is 0.151. The minimum atomic E-state index is -1.42. The number of unbranched alkanes of at least 4 members (excludes halogenated alkanes) is 3. The van der Waals surface area contributed by atoms with Gasteiger partial charge >= 0.3 is 11.8 Å². The maximum Gasteiger partial charge on any atom is 0.519 e. The molecule has 5 aromatic rings. The molecule has 5 rings (SSSR count). The molecule has 0 atom stereocenters. The summed E-state index contributed by atoms with van der Waals surface area (Å²) in [4.78, 5) is 30.4. The Morgan fingerprint density at radius 1 is 0.957 bits per heavy atom. The van der Waals surface area contributed by atoms with Gasteiger partial charge in [0.15, 0.2) is 23.8 Å². The molecular formula is C34H40N6O6. The van der Waals surface area contributed by atoms with Crippen LogP contribution in [0.4, 0.5) is 0 Å². The standard InChI is InChI=1S/C34H40N6O6/c1-5-7-8-9-15-26-27(46-33(42)45-26)21-44-32(41)29-30(34(3,4)43)35-28(12-6-2)40(29)20-22-16-18-23(19-17-22)24-13-10-11-14-25(24)31-36-38-39-37-31/h10-11,13-14,16-19,43H,5-9,12,15,20-21H2,1-4H3,(H,36,37,38,39). The summed E-state index contributed by atoms with van der Waals surface area (Å²) in [5, 5.41) is 25.5. The highest BCUT2D eigenvalue weighted by atomic mass is 16.6. The number of rotatable bonds is 15. The summed E-state index contributed by atoms with van der Waals surface area (Å²) in [7, 11) is 0. The quantitative estimate of drug-likeness (QED) is 0.104. The molecule has 0 saturated carbocycles. The summed E-state index contributed by atoms with van der Waals surface area (Å²) in [6.07, 6.45) is 5.86. The topological polar surface area (TPSA) is 162 Å². The SMILES string of the molecule is CCCCCCc1oc(=O)oc1COC(=O)c1c(C(C)(C)O)nc(CCC)n1Cc1ccc(-c2ccccc2-c2nn[nH]n2)cc1. The number of carbonyl (C=O) groups excluding carboxylic acids is 1. The first kappa shape index (κ1) is 32.6. The Morgan fingerprint density at radius 3 is 2.37 bits per heavy atom. The number of H-pyrrole nitrogens is 1. The van der Waals surface area contributed by atoms with Gasteiger partial charge < -0.3 is 23.2 Å². The molecule has 2 aromatic carbocycles. The number of hydrogen-bond donors (Lipinski definition) is 2. The fourth-order valence-corrected chi connectivity index (χ4v) is 5.44. The summed E-state index contributed by atoms with van der Waals surface area (Å²) in [6, 6.07) is 15.8. The molecule has 242 valence electrons. The van der Waals surface area contributed by atoms with Crippen LogP contribution in [0.15, 0.2) is 62.2 Å². The Morgan fingerprint density at radius 2 is 1.70 bits per heavy atom. The van der Waals surface area contributed by atoms with Crippen LogP contribution in [0.3, 0.4) is 0 Å². The predicted octanol–water partition coefficient (Wildman–Crippen LogP) is 5.98.